The minimum Gasteiger partial charge on any atom is -0.497 e. The molecule has 1 atom stereocenters. The normalized spacial score (nSPS) is 17.6. The quantitative estimate of drug-likeness (QED) is 0.612. The molecule has 0 radical (unpaired) electrons. The Bertz CT molecular complexity index is 1340. The van der Waals surface area contributed by atoms with Crippen molar-refractivity contribution in [1.82, 2.24) is 9.78 Å². The van der Waals surface area contributed by atoms with Gasteiger partial charge in [-0.3, -0.25) is 14.4 Å². The minimum atomic E-state index is -0.667. The van der Waals surface area contributed by atoms with Crippen LogP contribution in [0.2, 0.25) is 0 Å². The van der Waals surface area contributed by atoms with Gasteiger partial charge in [0, 0.05) is 35.9 Å². The second-order valence-electron chi connectivity index (χ2n) is 8.98. The summed E-state index contributed by atoms with van der Waals surface area (Å²) in [5.41, 5.74) is 9.71. The fourth-order valence-corrected chi connectivity index (χ4v) is 4.99. The van der Waals surface area contributed by atoms with Gasteiger partial charge in [0.25, 0.3) is 11.8 Å². The van der Waals surface area contributed by atoms with E-state index in [-0.39, 0.29) is 23.6 Å². The predicted molar refractivity (Wildman–Crippen MR) is 131 cm³/mol. The number of nitrogens with zero attached hydrogens (tertiary/aromatic N) is 4. The van der Waals surface area contributed by atoms with Gasteiger partial charge in [0.2, 0.25) is 5.91 Å². The summed E-state index contributed by atoms with van der Waals surface area (Å²) in [6, 6.07) is 12.9. The number of nitrogens with two attached hydrogens (primary N) is 1. The Labute approximate surface area is 203 Å². The molecule has 5 rings (SSSR count). The van der Waals surface area contributed by atoms with Gasteiger partial charge in [0.1, 0.15) is 11.4 Å². The number of primary amides is 1. The number of aryl methyl sites for hydroxylation is 1. The maximum absolute atomic E-state index is 13.8. The Morgan fingerprint density at radius 3 is 2.40 bits per heavy atom. The van der Waals surface area contributed by atoms with Crippen LogP contribution in [0.1, 0.15) is 51.9 Å². The molecule has 35 heavy (non-hydrogen) atoms. The number of carbonyl (C=O) groups excluding carboxylic acids is 3. The Morgan fingerprint density at radius 2 is 1.80 bits per heavy atom. The zero-order valence-electron chi connectivity index (χ0n) is 19.9. The third-order valence-corrected chi connectivity index (χ3v) is 6.80. The second kappa shape index (κ2) is 8.57. The third-order valence-electron chi connectivity index (χ3n) is 6.80. The van der Waals surface area contributed by atoms with E-state index in [1.807, 2.05) is 36.9 Å². The van der Waals surface area contributed by atoms with Gasteiger partial charge in [0.05, 0.1) is 12.8 Å². The maximum atomic E-state index is 13.8. The van der Waals surface area contributed by atoms with Crippen molar-refractivity contribution in [2.75, 3.05) is 23.5 Å². The number of ether oxygens (including phenoxy) is 1. The lowest BCUT2D eigenvalue weighted by atomic mass is 10.0. The molecule has 3 amide bonds. The molecule has 3 heterocycles. The summed E-state index contributed by atoms with van der Waals surface area (Å²) in [5.74, 6) is -0.146. The van der Waals surface area contributed by atoms with Crippen LogP contribution in [0, 0.1) is 6.92 Å². The SMILES string of the molecule is COc1ccc(-n2nc(C(N)=O)c3c2C(=O)N(c2ccc(N4C(=O)CCC4C)c(C)c2)CC3)cc1. The van der Waals surface area contributed by atoms with E-state index in [0.717, 1.165) is 23.4 Å². The van der Waals surface area contributed by atoms with Crippen LogP contribution in [-0.4, -0.2) is 47.2 Å². The van der Waals surface area contributed by atoms with Crippen molar-refractivity contribution in [3.05, 3.63) is 65.0 Å². The molecule has 9 nitrogen and oxygen atoms in total. The van der Waals surface area contributed by atoms with Gasteiger partial charge < -0.3 is 20.3 Å². The van der Waals surface area contributed by atoms with E-state index in [1.54, 1.807) is 36.3 Å². The maximum Gasteiger partial charge on any atom is 0.277 e. The first kappa shape index (κ1) is 22.6. The second-order valence-corrected chi connectivity index (χ2v) is 8.98. The van der Waals surface area contributed by atoms with Gasteiger partial charge >= 0.3 is 0 Å². The molecule has 2 aliphatic heterocycles. The molecule has 1 saturated heterocycles. The zero-order chi connectivity index (χ0) is 24.9. The summed E-state index contributed by atoms with van der Waals surface area (Å²) >= 11 is 0. The highest BCUT2D eigenvalue weighted by Crippen LogP contribution is 2.34. The molecule has 9 heteroatoms. The number of benzene rings is 2. The zero-order valence-corrected chi connectivity index (χ0v) is 19.9. The molecular weight excluding hydrogens is 446 g/mol. The lowest BCUT2D eigenvalue weighted by Crippen LogP contribution is -2.39. The number of methoxy groups -OCH3 is 1. The highest BCUT2D eigenvalue weighted by atomic mass is 16.5. The van der Waals surface area contributed by atoms with E-state index in [1.165, 1.54) is 4.68 Å². The van der Waals surface area contributed by atoms with Gasteiger partial charge in [-0.25, -0.2) is 4.68 Å². The molecule has 0 spiro atoms. The number of carbonyl (C=O) groups is 3. The molecule has 2 N–H and O–H groups in total. The molecule has 2 aliphatic rings. The fourth-order valence-electron chi connectivity index (χ4n) is 4.99. The third kappa shape index (κ3) is 3.73. The van der Waals surface area contributed by atoms with Gasteiger partial charge in [-0.15, -0.1) is 0 Å². The van der Waals surface area contributed by atoms with Gasteiger partial charge in [-0.1, -0.05) is 0 Å². The number of hydrogen-bond acceptors (Lipinski definition) is 5. The summed E-state index contributed by atoms with van der Waals surface area (Å²) in [5, 5.41) is 4.41. The van der Waals surface area contributed by atoms with Crippen molar-refractivity contribution in [2.45, 2.75) is 39.2 Å². The number of rotatable bonds is 5. The van der Waals surface area contributed by atoms with E-state index in [9.17, 15) is 14.4 Å². The van der Waals surface area contributed by atoms with Crippen LogP contribution in [0.25, 0.3) is 5.69 Å². The standard InChI is InChI=1S/C26H27N5O4/c1-15-14-18(7-10-21(15)30-16(2)4-11-22(30)32)29-13-12-20-23(25(27)33)28-31(24(20)26(29)34)17-5-8-19(35-3)9-6-17/h5-10,14,16H,4,11-13H2,1-3H3,(H2,27,33). The topological polar surface area (TPSA) is 111 Å². The average Bonchev–Trinajstić information content (AvgIpc) is 3.40. The monoisotopic (exact) mass is 473 g/mol. The van der Waals surface area contributed by atoms with Gasteiger partial charge in [-0.2, -0.15) is 5.10 Å². The summed E-state index contributed by atoms with van der Waals surface area (Å²) in [4.78, 5) is 41.8. The predicted octanol–water partition coefficient (Wildman–Crippen LogP) is 3.01. The van der Waals surface area contributed by atoms with Crippen LogP contribution >= 0.6 is 0 Å². The van der Waals surface area contributed by atoms with E-state index in [2.05, 4.69) is 5.10 Å². The molecule has 0 bridgehead atoms. The Morgan fingerprint density at radius 1 is 1.09 bits per heavy atom. The molecule has 3 aromatic rings. The first-order valence-corrected chi connectivity index (χ1v) is 11.6. The van der Waals surface area contributed by atoms with E-state index >= 15 is 0 Å². The van der Waals surface area contributed by atoms with Crippen LogP contribution in [-0.2, 0) is 11.2 Å². The average molecular weight is 474 g/mol. The number of fused-ring (bicyclic) bond motifs is 1. The molecular formula is C26H27N5O4. The molecule has 0 aliphatic carbocycles. The Hall–Kier alpha value is -4.14. The summed E-state index contributed by atoms with van der Waals surface area (Å²) < 4.78 is 6.71. The number of hydrogen-bond donors (Lipinski definition) is 1. The largest absolute Gasteiger partial charge is 0.497 e. The number of amides is 3. The van der Waals surface area contributed by atoms with Crippen molar-refractivity contribution in [3.8, 4) is 11.4 Å². The summed E-state index contributed by atoms with van der Waals surface area (Å²) in [6.07, 6.45) is 1.83. The molecule has 0 saturated carbocycles. The van der Waals surface area contributed by atoms with E-state index in [0.29, 0.717) is 42.1 Å². The van der Waals surface area contributed by atoms with Crippen LogP contribution < -0.4 is 20.3 Å². The first-order chi connectivity index (χ1) is 16.8. The molecule has 1 fully saturated rings. The smallest absolute Gasteiger partial charge is 0.277 e. The number of anilines is 2. The van der Waals surface area contributed by atoms with Crippen molar-refractivity contribution < 1.29 is 19.1 Å². The molecule has 2 aromatic carbocycles. The molecule has 1 unspecified atom stereocenters. The fraction of sp³-hybridized carbons (Fsp3) is 0.308. The Balaban J connectivity index is 1.53. The molecule has 180 valence electrons. The van der Waals surface area contributed by atoms with Gasteiger partial charge in [-0.05, 0) is 74.7 Å². The Kier molecular flexibility index (Phi) is 5.55. The van der Waals surface area contributed by atoms with Crippen molar-refractivity contribution in [2.24, 2.45) is 5.73 Å². The summed E-state index contributed by atoms with van der Waals surface area (Å²) in [7, 11) is 1.57. The van der Waals surface area contributed by atoms with Crippen LogP contribution in [0.4, 0.5) is 11.4 Å². The molecule has 1 aromatic heterocycles. The lowest BCUT2D eigenvalue weighted by molar-refractivity contribution is -0.117. The minimum absolute atomic E-state index is 0.108. The van der Waals surface area contributed by atoms with Crippen LogP contribution in [0.3, 0.4) is 0 Å². The highest BCUT2D eigenvalue weighted by Gasteiger charge is 2.35. The summed E-state index contributed by atoms with van der Waals surface area (Å²) in [6.45, 7) is 4.38. The lowest BCUT2D eigenvalue weighted by Gasteiger charge is -2.29. The van der Waals surface area contributed by atoms with Crippen molar-refractivity contribution in [1.29, 1.82) is 0 Å². The van der Waals surface area contributed by atoms with Crippen LogP contribution in [0.5, 0.6) is 5.75 Å². The van der Waals surface area contributed by atoms with E-state index < -0.39 is 5.91 Å². The van der Waals surface area contributed by atoms with Crippen LogP contribution in [0.15, 0.2) is 42.5 Å². The van der Waals surface area contributed by atoms with Gasteiger partial charge in [0.15, 0.2) is 5.69 Å². The van der Waals surface area contributed by atoms with Crippen molar-refractivity contribution >= 4 is 29.1 Å². The first-order valence-electron chi connectivity index (χ1n) is 11.6. The van der Waals surface area contributed by atoms with Crippen molar-refractivity contribution in [3.63, 3.8) is 0 Å². The van der Waals surface area contributed by atoms with E-state index in [4.69, 9.17) is 10.5 Å². The highest BCUT2D eigenvalue weighted by molar-refractivity contribution is 6.09. The number of aromatic nitrogens is 2.